The molecular weight excluding hydrogens is 188 g/mol. The van der Waals surface area contributed by atoms with Crippen LogP contribution in [-0.4, -0.2) is 24.1 Å². The van der Waals surface area contributed by atoms with Crippen molar-refractivity contribution in [3.63, 3.8) is 0 Å². The number of fused-ring (bicyclic) bond motifs is 3. The number of nitrogens with zero attached hydrogens (tertiary/aromatic N) is 1. The molecule has 0 radical (unpaired) electrons. The molecule has 3 rings (SSSR count). The SMILES string of the molecule is NC(CC12CCC(CC1)CC2)=NCCO. The molecule has 86 valence electrons. The third-order valence-corrected chi connectivity index (χ3v) is 4.22. The molecule has 0 saturated heterocycles. The van der Waals surface area contributed by atoms with Gasteiger partial charge in [-0.3, -0.25) is 4.99 Å². The fourth-order valence-corrected chi connectivity index (χ4v) is 3.24. The number of amidine groups is 1. The monoisotopic (exact) mass is 210 g/mol. The summed E-state index contributed by atoms with van der Waals surface area (Å²) in [5.41, 5.74) is 6.38. The molecule has 3 heteroatoms. The Kier molecular flexibility index (Phi) is 3.29. The van der Waals surface area contributed by atoms with Crippen molar-refractivity contribution in [1.29, 1.82) is 0 Å². The summed E-state index contributed by atoms with van der Waals surface area (Å²) in [6.07, 6.45) is 9.17. The maximum Gasteiger partial charge on any atom is 0.0943 e. The van der Waals surface area contributed by atoms with Crippen molar-refractivity contribution in [2.24, 2.45) is 22.1 Å². The summed E-state index contributed by atoms with van der Waals surface area (Å²) in [7, 11) is 0. The molecule has 2 bridgehead atoms. The summed E-state index contributed by atoms with van der Waals surface area (Å²) >= 11 is 0. The van der Waals surface area contributed by atoms with E-state index in [2.05, 4.69) is 4.99 Å². The van der Waals surface area contributed by atoms with Crippen molar-refractivity contribution < 1.29 is 5.11 Å². The first-order chi connectivity index (χ1) is 7.24. The van der Waals surface area contributed by atoms with Gasteiger partial charge >= 0.3 is 0 Å². The summed E-state index contributed by atoms with van der Waals surface area (Å²) in [5, 5.41) is 8.69. The predicted octanol–water partition coefficient (Wildman–Crippen LogP) is 1.70. The van der Waals surface area contributed by atoms with Crippen LogP contribution in [0.3, 0.4) is 0 Å². The van der Waals surface area contributed by atoms with E-state index in [4.69, 9.17) is 10.8 Å². The van der Waals surface area contributed by atoms with E-state index in [0.29, 0.717) is 12.0 Å². The van der Waals surface area contributed by atoms with Crippen LogP contribution in [0, 0.1) is 11.3 Å². The average molecular weight is 210 g/mol. The molecule has 0 unspecified atom stereocenters. The van der Waals surface area contributed by atoms with Crippen molar-refractivity contribution in [3.05, 3.63) is 0 Å². The lowest BCUT2D eigenvalue weighted by molar-refractivity contribution is 0.0717. The maximum absolute atomic E-state index is 8.69. The Morgan fingerprint density at radius 2 is 1.87 bits per heavy atom. The van der Waals surface area contributed by atoms with E-state index < -0.39 is 0 Å². The minimum Gasteiger partial charge on any atom is -0.394 e. The second-order valence-corrected chi connectivity index (χ2v) is 5.26. The number of aliphatic hydroxyl groups is 1. The lowest BCUT2D eigenvalue weighted by Crippen LogP contribution is -2.37. The molecule has 15 heavy (non-hydrogen) atoms. The van der Waals surface area contributed by atoms with Gasteiger partial charge in [-0.2, -0.15) is 0 Å². The van der Waals surface area contributed by atoms with Crippen LogP contribution in [-0.2, 0) is 0 Å². The Labute approximate surface area is 91.8 Å². The summed E-state index contributed by atoms with van der Waals surface area (Å²) < 4.78 is 0. The highest BCUT2D eigenvalue weighted by Crippen LogP contribution is 2.52. The van der Waals surface area contributed by atoms with E-state index in [1.54, 1.807) is 0 Å². The van der Waals surface area contributed by atoms with E-state index in [0.717, 1.165) is 18.2 Å². The highest BCUT2D eigenvalue weighted by molar-refractivity contribution is 5.81. The fourth-order valence-electron chi connectivity index (χ4n) is 3.24. The van der Waals surface area contributed by atoms with Crippen LogP contribution in [0.4, 0.5) is 0 Å². The van der Waals surface area contributed by atoms with E-state index in [1.165, 1.54) is 38.5 Å². The molecule has 0 amide bonds. The Bertz CT molecular complexity index is 228. The molecular formula is C12H22N2O. The van der Waals surface area contributed by atoms with Crippen molar-refractivity contribution in [2.45, 2.75) is 44.9 Å². The van der Waals surface area contributed by atoms with Gasteiger partial charge in [0.05, 0.1) is 19.0 Å². The van der Waals surface area contributed by atoms with Crippen LogP contribution in [0.15, 0.2) is 4.99 Å². The normalized spacial score (nSPS) is 35.8. The second-order valence-electron chi connectivity index (χ2n) is 5.26. The predicted molar refractivity (Wildman–Crippen MR) is 61.8 cm³/mol. The molecule has 3 N–H and O–H groups in total. The number of rotatable bonds is 4. The Hall–Kier alpha value is -0.570. The molecule has 0 heterocycles. The first-order valence-electron chi connectivity index (χ1n) is 6.14. The molecule has 0 aromatic carbocycles. The minimum absolute atomic E-state index is 0.107. The summed E-state index contributed by atoms with van der Waals surface area (Å²) in [6, 6.07) is 0. The summed E-state index contributed by atoms with van der Waals surface area (Å²) in [4.78, 5) is 4.19. The Balaban J connectivity index is 1.92. The smallest absolute Gasteiger partial charge is 0.0943 e. The van der Waals surface area contributed by atoms with Gasteiger partial charge in [-0.15, -0.1) is 0 Å². The highest BCUT2D eigenvalue weighted by Gasteiger charge is 2.40. The lowest BCUT2D eigenvalue weighted by Gasteiger charge is -2.46. The van der Waals surface area contributed by atoms with Crippen LogP contribution in [0.5, 0.6) is 0 Å². The zero-order valence-electron chi connectivity index (χ0n) is 9.41. The quantitative estimate of drug-likeness (QED) is 0.548. The third-order valence-electron chi connectivity index (χ3n) is 4.22. The van der Waals surface area contributed by atoms with Crippen molar-refractivity contribution in [3.8, 4) is 0 Å². The molecule has 0 aromatic rings. The highest BCUT2D eigenvalue weighted by atomic mass is 16.3. The molecule has 3 aliphatic carbocycles. The van der Waals surface area contributed by atoms with E-state index in [-0.39, 0.29) is 6.61 Å². The van der Waals surface area contributed by atoms with Gasteiger partial charge in [0.2, 0.25) is 0 Å². The Morgan fingerprint density at radius 3 is 2.40 bits per heavy atom. The zero-order chi connectivity index (χ0) is 10.7. The van der Waals surface area contributed by atoms with Gasteiger partial charge in [0.15, 0.2) is 0 Å². The number of aliphatic imine (C=N–C) groups is 1. The largest absolute Gasteiger partial charge is 0.394 e. The van der Waals surface area contributed by atoms with Crippen LogP contribution in [0.2, 0.25) is 0 Å². The van der Waals surface area contributed by atoms with Gasteiger partial charge in [-0.25, -0.2) is 0 Å². The number of hydrogen-bond donors (Lipinski definition) is 2. The van der Waals surface area contributed by atoms with Crippen LogP contribution in [0.1, 0.15) is 44.9 Å². The van der Waals surface area contributed by atoms with Crippen molar-refractivity contribution >= 4 is 5.84 Å². The standard InChI is InChI=1S/C12H22N2O/c13-11(14-7-8-15)9-12-4-1-10(2-5-12)3-6-12/h10,15H,1-9H2,(H2,13,14). The molecule has 3 aliphatic rings. The first-order valence-corrected chi connectivity index (χ1v) is 6.14. The van der Waals surface area contributed by atoms with Gasteiger partial charge in [-0.1, -0.05) is 0 Å². The van der Waals surface area contributed by atoms with E-state index >= 15 is 0 Å². The van der Waals surface area contributed by atoms with Crippen molar-refractivity contribution in [2.75, 3.05) is 13.2 Å². The van der Waals surface area contributed by atoms with Gasteiger partial charge in [0.25, 0.3) is 0 Å². The van der Waals surface area contributed by atoms with Gasteiger partial charge < -0.3 is 10.8 Å². The maximum atomic E-state index is 8.69. The fraction of sp³-hybridized carbons (Fsp3) is 0.917. The van der Waals surface area contributed by atoms with Crippen molar-refractivity contribution in [1.82, 2.24) is 0 Å². The lowest BCUT2D eigenvalue weighted by atomic mass is 9.59. The zero-order valence-corrected chi connectivity index (χ0v) is 9.41. The van der Waals surface area contributed by atoms with Crippen LogP contribution < -0.4 is 5.73 Å². The number of hydrogen-bond acceptors (Lipinski definition) is 2. The average Bonchev–Trinajstić information content (AvgIpc) is 2.28. The molecule has 0 spiro atoms. The minimum atomic E-state index is 0.107. The molecule has 3 fully saturated rings. The molecule has 0 atom stereocenters. The van der Waals surface area contributed by atoms with Crippen LogP contribution in [0.25, 0.3) is 0 Å². The van der Waals surface area contributed by atoms with Gasteiger partial charge in [0, 0.05) is 6.42 Å². The van der Waals surface area contributed by atoms with Gasteiger partial charge in [0.1, 0.15) is 0 Å². The van der Waals surface area contributed by atoms with Crippen LogP contribution >= 0.6 is 0 Å². The molecule has 3 saturated carbocycles. The summed E-state index contributed by atoms with van der Waals surface area (Å²) in [5.74, 6) is 1.76. The number of aliphatic hydroxyl groups excluding tert-OH is 1. The Morgan fingerprint density at radius 1 is 1.27 bits per heavy atom. The number of nitrogens with two attached hydrogens (primary N) is 1. The molecule has 0 aromatic heterocycles. The summed E-state index contributed by atoms with van der Waals surface area (Å²) in [6.45, 7) is 0.570. The first kappa shape index (κ1) is 10.9. The topological polar surface area (TPSA) is 58.6 Å². The molecule has 0 aliphatic heterocycles. The second kappa shape index (κ2) is 4.52. The van der Waals surface area contributed by atoms with E-state index in [9.17, 15) is 0 Å². The van der Waals surface area contributed by atoms with Gasteiger partial charge in [-0.05, 0) is 49.9 Å². The molecule has 3 nitrogen and oxygen atoms in total. The third kappa shape index (κ3) is 2.51. The van der Waals surface area contributed by atoms with E-state index in [1.807, 2.05) is 0 Å².